The highest BCUT2D eigenvalue weighted by Gasteiger charge is 2.32. The molecule has 1 N–H and O–H groups in total. The van der Waals surface area contributed by atoms with Gasteiger partial charge in [0.05, 0.1) is 4.90 Å². The predicted molar refractivity (Wildman–Crippen MR) is 116 cm³/mol. The van der Waals surface area contributed by atoms with Gasteiger partial charge < -0.3 is 10.2 Å². The Labute approximate surface area is 173 Å². The summed E-state index contributed by atoms with van der Waals surface area (Å²) in [7, 11) is 0.490. The molecule has 0 radical (unpaired) electrons. The van der Waals surface area contributed by atoms with E-state index in [1.165, 1.54) is 4.31 Å². The summed E-state index contributed by atoms with van der Waals surface area (Å²) in [6.45, 7) is 4.43. The van der Waals surface area contributed by atoms with Crippen molar-refractivity contribution >= 4 is 26.7 Å². The second kappa shape index (κ2) is 9.24. The van der Waals surface area contributed by atoms with Crippen molar-refractivity contribution in [3.05, 3.63) is 42.5 Å². The van der Waals surface area contributed by atoms with Gasteiger partial charge in [-0.2, -0.15) is 4.31 Å². The van der Waals surface area contributed by atoms with E-state index >= 15 is 0 Å². The van der Waals surface area contributed by atoms with Crippen molar-refractivity contribution in [3.8, 4) is 0 Å². The number of hydrogen-bond acceptors (Lipinski definition) is 4. The van der Waals surface area contributed by atoms with Crippen LogP contribution in [0.15, 0.2) is 47.4 Å². The summed E-state index contributed by atoms with van der Waals surface area (Å²) < 4.78 is 27.6. The SMILES string of the molecule is C[C@@H](CNC(=O)C1CCN(S(=O)(=O)c2ccc3ccccc3c2)CC1)CN(C)C. The van der Waals surface area contributed by atoms with E-state index in [-0.39, 0.29) is 11.8 Å². The number of hydrogen-bond donors (Lipinski definition) is 1. The van der Waals surface area contributed by atoms with Crippen molar-refractivity contribution in [2.75, 3.05) is 40.3 Å². The zero-order chi connectivity index (χ0) is 21.0. The topological polar surface area (TPSA) is 69.7 Å². The Bertz CT molecular complexity index is 951. The first-order chi connectivity index (χ1) is 13.8. The number of nitrogens with one attached hydrogen (secondary N) is 1. The highest BCUT2D eigenvalue weighted by molar-refractivity contribution is 7.89. The fourth-order valence-corrected chi connectivity index (χ4v) is 5.45. The molecule has 0 spiro atoms. The number of rotatable bonds is 7. The Morgan fingerprint density at radius 2 is 1.79 bits per heavy atom. The molecule has 6 nitrogen and oxygen atoms in total. The van der Waals surface area contributed by atoms with Gasteiger partial charge in [0.2, 0.25) is 15.9 Å². The van der Waals surface area contributed by atoms with Crippen LogP contribution in [0.2, 0.25) is 0 Å². The van der Waals surface area contributed by atoms with Crippen molar-refractivity contribution in [1.29, 1.82) is 0 Å². The van der Waals surface area contributed by atoms with Crippen molar-refractivity contribution in [2.24, 2.45) is 11.8 Å². The van der Waals surface area contributed by atoms with Gasteiger partial charge in [0.1, 0.15) is 0 Å². The maximum atomic E-state index is 13.0. The molecule has 1 fully saturated rings. The number of nitrogens with zero attached hydrogens (tertiary/aromatic N) is 2. The molecule has 1 saturated heterocycles. The lowest BCUT2D eigenvalue weighted by molar-refractivity contribution is -0.126. The normalized spacial score (nSPS) is 17.5. The molecule has 0 saturated carbocycles. The average Bonchev–Trinajstić information content (AvgIpc) is 2.71. The van der Waals surface area contributed by atoms with E-state index in [4.69, 9.17) is 0 Å². The number of carbonyl (C=O) groups is 1. The molecule has 1 amide bonds. The summed E-state index contributed by atoms with van der Waals surface area (Å²) in [6, 6.07) is 13.0. The van der Waals surface area contributed by atoms with Crippen molar-refractivity contribution in [3.63, 3.8) is 0 Å². The Morgan fingerprint density at radius 1 is 1.14 bits per heavy atom. The second-order valence-electron chi connectivity index (χ2n) is 8.30. The quantitative estimate of drug-likeness (QED) is 0.752. The number of piperidine rings is 1. The third kappa shape index (κ3) is 5.35. The number of carbonyl (C=O) groups excluding carboxylic acids is 1. The van der Waals surface area contributed by atoms with Crippen LogP contribution in [0.4, 0.5) is 0 Å². The molecule has 0 unspecified atom stereocenters. The molecule has 3 rings (SSSR count). The fourth-order valence-electron chi connectivity index (χ4n) is 3.94. The molecule has 1 aliphatic rings. The maximum Gasteiger partial charge on any atom is 0.243 e. The van der Waals surface area contributed by atoms with Crippen LogP contribution in [0.25, 0.3) is 10.8 Å². The van der Waals surface area contributed by atoms with E-state index in [0.717, 1.165) is 17.3 Å². The minimum atomic E-state index is -3.55. The van der Waals surface area contributed by atoms with Crippen molar-refractivity contribution < 1.29 is 13.2 Å². The Kier molecular flexibility index (Phi) is 6.93. The lowest BCUT2D eigenvalue weighted by atomic mass is 9.97. The van der Waals surface area contributed by atoms with Gasteiger partial charge in [-0.15, -0.1) is 0 Å². The van der Waals surface area contributed by atoms with Crippen LogP contribution in [0.1, 0.15) is 19.8 Å². The number of fused-ring (bicyclic) bond motifs is 1. The van der Waals surface area contributed by atoms with Crippen LogP contribution in [0.3, 0.4) is 0 Å². The van der Waals surface area contributed by atoms with Gasteiger partial charge in [0, 0.05) is 32.1 Å². The van der Waals surface area contributed by atoms with Gasteiger partial charge >= 0.3 is 0 Å². The summed E-state index contributed by atoms with van der Waals surface area (Å²) in [5.74, 6) is 0.297. The molecule has 1 heterocycles. The van der Waals surface area contributed by atoms with E-state index in [1.807, 2.05) is 44.4 Å². The summed E-state index contributed by atoms with van der Waals surface area (Å²) >= 11 is 0. The third-order valence-corrected chi connectivity index (χ3v) is 7.38. The molecule has 0 bridgehead atoms. The summed E-state index contributed by atoms with van der Waals surface area (Å²) in [5.41, 5.74) is 0. The summed E-state index contributed by atoms with van der Waals surface area (Å²) in [6.07, 6.45) is 1.11. The molecule has 2 aromatic carbocycles. The lowest BCUT2D eigenvalue weighted by Crippen LogP contribution is -2.44. The minimum Gasteiger partial charge on any atom is -0.356 e. The van der Waals surface area contributed by atoms with E-state index < -0.39 is 10.0 Å². The second-order valence-corrected chi connectivity index (χ2v) is 10.2. The fraction of sp³-hybridized carbons (Fsp3) is 0.500. The third-order valence-electron chi connectivity index (χ3n) is 5.48. The van der Waals surface area contributed by atoms with Gasteiger partial charge in [-0.1, -0.05) is 37.3 Å². The van der Waals surface area contributed by atoms with E-state index in [0.29, 0.717) is 43.3 Å². The van der Waals surface area contributed by atoms with Gasteiger partial charge in [-0.25, -0.2) is 8.42 Å². The zero-order valence-corrected chi connectivity index (χ0v) is 18.3. The van der Waals surface area contributed by atoms with Crippen LogP contribution < -0.4 is 5.32 Å². The number of benzene rings is 2. The Hall–Kier alpha value is -1.96. The minimum absolute atomic E-state index is 0.0401. The Balaban J connectivity index is 1.58. The molecular formula is C22H31N3O3S. The molecule has 1 atom stereocenters. The van der Waals surface area contributed by atoms with Crippen LogP contribution in [-0.2, 0) is 14.8 Å². The lowest BCUT2D eigenvalue weighted by Gasteiger charge is -2.31. The molecule has 2 aromatic rings. The van der Waals surface area contributed by atoms with Gasteiger partial charge in [-0.3, -0.25) is 4.79 Å². The van der Waals surface area contributed by atoms with E-state index in [9.17, 15) is 13.2 Å². The van der Waals surface area contributed by atoms with Gasteiger partial charge in [-0.05, 0) is 55.8 Å². The first-order valence-electron chi connectivity index (χ1n) is 10.2. The predicted octanol–water partition coefficient (Wildman–Crippen LogP) is 2.55. The van der Waals surface area contributed by atoms with E-state index in [1.54, 1.807) is 12.1 Å². The van der Waals surface area contributed by atoms with Gasteiger partial charge in [0.15, 0.2) is 0 Å². The Morgan fingerprint density at radius 3 is 2.45 bits per heavy atom. The molecule has 29 heavy (non-hydrogen) atoms. The van der Waals surface area contributed by atoms with E-state index in [2.05, 4.69) is 17.1 Å². The smallest absolute Gasteiger partial charge is 0.243 e. The molecule has 1 aliphatic heterocycles. The first kappa shape index (κ1) is 21.7. The summed E-state index contributed by atoms with van der Waals surface area (Å²) in [4.78, 5) is 14.9. The molecular weight excluding hydrogens is 386 g/mol. The maximum absolute atomic E-state index is 13.0. The highest BCUT2D eigenvalue weighted by Crippen LogP contribution is 2.26. The molecule has 0 aliphatic carbocycles. The highest BCUT2D eigenvalue weighted by atomic mass is 32.2. The molecule has 7 heteroatoms. The molecule has 0 aromatic heterocycles. The van der Waals surface area contributed by atoms with Crippen LogP contribution >= 0.6 is 0 Å². The standard InChI is InChI=1S/C22H31N3O3S/c1-17(16-24(2)3)15-23-22(26)19-10-12-25(13-11-19)29(27,28)21-9-8-18-6-4-5-7-20(18)14-21/h4-9,14,17,19H,10-13,15-16H2,1-3H3,(H,23,26)/t17-/m0/s1. The van der Waals surface area contributed by atoms with Crippen LogP contribution in [-0.4, -0.2) is 63.8 Å². The number of sulfonamides is 1. The average molecular weight is 418 g/mol. The van der Waals surface area contributed by atoms with Crippen LogP contribution in [0.5, 0.6) is 0 Å². The first-order valence-corrected chi connectivity index (χ1v) is 11.6. The van der Waals surface area contributed by atoms with Gasteiger partial charge in [0.25, 0.3) is 0 Å². The van der Waals surface area contributed by atoms with Crippen molar-refractivity contribution in [1.82, 2.24) is 14.5 Å². The zero-order valence-electron chi connectivity index (χ0n) is 17.5. The number of amides is 1. The van der Waals surface area contributed by atoms with Crippen molar-refractivity contribution in [2.45, 2.75) is 24.7 Å². The van der Waals surface area contributed by atoms with Crippen LogP contribution in [0, 0.1) is 11.8 Å². The summed E-state index contributed by atoms with van der Waals surface area (Å²) in [5, 5.41) is 4.96. The monoisotopic (exact) mass is 417 g/mol. The largest absolute Gasteiger partial charge is 0.356 e. The molecule has 158 valence electrons.